The van der Waals surface area contributed by atoms with Crippen LogP contribution in [0.4, 0.5) is 0 Å². The molecule has 33 heavy (non-hydrogen) atoms. The van der Waals surface area contributed by atoms with Crippen LogP contribution in [0.2, 0.25) is 0 Å². The third-order valence-electron chi connectivity index (χ3n) is 4.95. The number of aryl methyl sites for hydroxylation is 1. The van der Waals surface area contributed by atoms with Gasteiger partial charge in [0.15, 0.2) is 17.1 Å². The number of esters is 2. The molecule has 1 atom stereocenters. The first kappa shape index (κ1) is 23.9. The molecule has 0 spiro atoms. The van der Waals surface area contributed by atoms with Gasteiger partial charge in [0.05, 0.1) is 6.20 Å². The highest BCUT2D eigenvalue weighted by Gasteiger charge is 2.25. The number of pyridine rings is 1. The minimum atomic E-state index is -0.889. The number of ether oxygens (including phenoxy) is 3. The Balaban J connectivity index is 1.57. The van der Waals surface area contributed by atoms with E-state index in [4.69, 9.17) is 14.2 Å². The van der Waals surface area contributed by atoms with Crippen LogP contribution in [0.25, 0.3) is 0 Å². The van der Waals surface area contributed by atoms with Gasteiger partial charge in [-0.15, -0.1) is 0 Å². The monoisotopic (exact) mass is 451 g/mol. The molecule has 1 aliphatic rings. The molecule has 0 fully saturated rings. The molecule has 3 rings (SSSR count). The summed E-state index contributed by atoms with van der Waals surface area (Å²) >= 11 is 0. The van der Waals surface area contributed by atoms with Gasteiger partial charge in [0.25, 0.3) is 0 Å². The van der Waals surface area contributed by atoms with E-state index >= 15 is 0 Å². The number of fused-ring (bicyclic) bond motifs is 1. The molecule has 2 N–H and O–H groups in total. The lowest BCUT2D eigenvalue weighted by Crippen LogP contribution is -2.45. The van der Waals surface area contributed by atoms with Crippen molar-refractivity contribution in [3.8, 4) is 23.4 Å². The Hall–Kier alpha value is -3.74. The van der Waals surface area contributed by atoms with Crippen molar-refractivity contribution >= 4 is 11.9 Å². The predicted molar refractivity (Wildman–Crippen MR) is 118 cm³/mol. The van der Waals surface area contributed by atoms with Crippen molar-refractivity contribution in [2.45, 2.75) is 38.3 Å². The second-order valence-electron chi connectivity index (χ2n) is 8.13. The maximum absolute atomic E-state index is 11.8. The molecule has 0 aliphatic carbocycles. The van der Waals surface area contributed by atoms with Crippen molar-refractivity contribution < 1.29 is 28.9 Å². The molecule has 9 heteroatoms. The van der Waals surface area contributed by atoms with Crippen LogP contribution in [0.3, 0.4) is 0 Å². The molecule has 0 radical (unpaired) electrons. The molecule has 1 aromatic heterocycles. The second-order valence-corrected chi connectivity index (χ2v) is 8.13. The summed E-state index contributed by atoms with van der Waals surface area (Å²) < 4.78 is 15.6. The Labute approximate surface area is 191 Å². The smallest absolute Gasteiger partial charge is 0.336 e. The summed E-state index contributed by atoms with van der Waals surface area (Å²) in [5.41, 5.74) is 0.806. The van der Waals surface area contributed by atoms with E-state index < -0.39 is 18.0 Å². The lowest BCUT2D eigenvalue weighted by molar-refractivity contribution is -0.133. The molecular weight excluding hydrogens is 426 g/mol. The molecule has 172 valence electrons. The van der Waals surface area contributed by atoms with Crippen LogP contribution in [0.5, 0.6) is 17.4 Å². The molecule has 2 heterocycles. The van der Waals surface area contributed by atoms with Crippen molar-refractivity contribution in [3.63, 3.8) is 0 Å². The average Bonchev–Trinajstić information content (AvgIpc) is 2.80. The molecule has 0 saturated carbocycles. The predicted octanol–water partition coefficient (Wildman–Crippen LogP) is 2.07. The number of aromatic nitrogens is 1. The SMILES string of the molecule is CC(C)(CCc1ccccc1)NC[C@H](O)COc1ncc2c(c1C#N)OC(=O)/C=C\C(=O)O2. The van der Waals surface area contributed by atoms with Gasteiger partial charge in [-0.2, -0.15) is 5.26 Å². The molecule has 0 unspecified atom stereocenters. The van der Waals surface area contributed by atoms with Crippen LogP contribution in [0.15, 0.2) is 48.7 Å². The first-order chi connectivity index (χ1) is 15.8. The molecular formula is C24H25N3O6. The summed E-state index contributed by atoms with van der Waals surface area (Å²) in [5.74, 6) is -2.23. The van der Waals surface area contributed by atoms with Crippen LogP contribution < -0.4 is 19.5 Å². The minimum Gasteiger partial charge on any atom is -0.474 e. The fourth-order valence-corrected chi connectivity index (χ4v) is 3.07. The number of aliphatic hydroxyl groups excluding tert-OH is 1. The summed E-state index contributed by atoms with van der Waals surface area (Å²) in [6.07, 6.45) is 3.80. The van der Waals surface area contributed by atoms with Crippen molar-refractivity contribution in [3.05, 3.63) is 59.8 Å². The lowest BCUT2D eigenvalue weighted by Gasteiger charge is -2.28. The standard InChI is InChI=1S/C24H25N3O6/c1-24(2,11-10-16-6-4-3-5-7-16)27-13-17(28)15-31-23-18(12-25)22-19(14-26-23)32-20(29)8-9-21(30)33-22/h3-9,14,17,27-28H,10-11,13,15H2,1-2H3/b9-8-/t17-/m0/s1. The van der Waals surface area contributed by atoms with Gasteiger partial charge in [0.1, 0.15) is 18.8 Å². The highest BCUT2D eigenvalue weighted by molar-refractivity contribution is 5.95. The summed E-state index contributed by atoms with van der Waals surface area (Å²) in [4.78, 5) is 27.4. The second kappa shape index (κ2) is 10.7. The van der Waals surface area contributed by atoms with Crippen molar-refractivity contribution in [2.24, 2.45) is 0 Å². The van der Waals surface area contributed by atoms with Crippen molar-refractivity contribution in [2.75, 3.05) is 13.2 Å². The van der Waals surface area contributed by atoms with Gasteiger partial charge in [-0.3, -0.25) is 0 Å². The number of nitriles is 1. The van der Waals surface area contributed by atoms with Gasteiger partial charge in [-0.25, -0.2) is 14.6 Å². The van der Waals surface area contributed by atoms with E-state index in [0.29, 0.717) is 0 Å². The lowest BCUT2D eigenvalue weighted by atomic mass is 9.95. The Morgan fingerprint density at radius 2 is 1.88 bits per heavy atom. The van der Waals surface area contributed by atoms with E-state index in [-0.39, 0.29) is 41.6 Å². The van der Waals surface area contributed by atoms with E-state index in [1.54, 1.807) is 0 Å². The van der Waals surface area contributed by atoms with Gasteiger partial charge in [-0.05, 0) is 32.3 Å². The third kappa shape index (κ3) is 6.87. The Morgan fingerprint density at radius 3 is 2.58 bits per heavy atom. The highest BCUT2D eigenvalue weighted by Crippen LogP contribution is 2.36. The zero-order chi connectivity index (χ0) is 23.8. The fourth-order valence-electron chi connectivity index (χ4n) is 3.07. The zero-order valence-corrected chi connectivity index (χ0v) is 18.4. The number of benzene rings is 1. The number of carbonyl (C=O) groups excluding carboxylic acids is 2. The number of hydrogen-bond donors (Lipinski definition) is 2. The van der Waals surface area contributed by atoms with Gasteiger partial charge in [-0.1, -0.05) is 30.3 Å². The molecule has 0 amide bonds. The maximum Gasteiger partial charge on any atom is 0.336 e. The van der Waals surface area contributed by atoms with E-state index in [2.05, 4.69) is 36.3 Å². The van der Waals surface area contributed by atoms with E-state index in [1.165, 1.54) is 5.56 Å². The van der Waals surface area contributed by atoms with Crippen molar-refractivity contribution in [1.82, 2.24) is 10.3 Å². The molecule has 9 nitrogen and oxygen atoms in total. The van der Waals surface area contributed by atoms with E-state index in [0.717, 1.165) is 31.2 Å². The Morgan fingerprint density at radius 1 is 1.18 bits per heavy atom. The summed E-state index contributed by atoms with van der Waals surface area (Å²) in [7, 11) is 0. The first-order valence-electron chi connectivity index (χ1n) is 10.4. The molecule has 0 saturated heterocycles. The average molecular weight is 451 g/mol. The number of nitrogens with zero attached hydrogens (tertiary/aromatic N) is 2. The van der Waals surface area contributed by atoms with Gasteiger partial charge in [0, 0.05) is 24.2 Å². The van der Waals surface area contributed by atoms with Crippen LogP contribution in [-0.4, -0.2) is 46.8 Å². The first-order valence-corrected chi connectivity index (χ1v) is 10.4. The summed E-state index contributed by atoms with van der Waals surface area (Å²) in [5, 5.41) is 23.2. The summed E-state index contributed by atoms with van der Waals surface area (Å²) in [6.45, 7) is 4.21. The van der Waals surface area contributed by atoms with Gasteiger partial charge in [0.2, 0.25) is 5.88 Å². The number of β-amino-alcohol motifs (C(OH)–C–C–N with tert-alkyl or cyclic N) is 1. The number of rotatable bonds is 9. The number of carbonyl (C=O) groups is 2. The van der Waals surface area contributed by atoms with Crippen LogP contribution in [0, 0.1) is 11.3 Å². The quantitative estimate of drug-likeness (QED) is 0.550. The topological polar surface area (TPSA) is 131 Å². The fraction of sp³-hybridized carbons (Fsp3) is 0.333. The van der Waals surface area contributed by atoms with Crippen LogP contribution in [0.1, 0.15) is 31.4 Å². The summed E-state index contributed by atoms with van der Waals surface area (Å²) in [6, 6.07) is 12.0. The van der Waals surface area contributed by atoms with Gasteiger partial charge >= 0.3 is 11.9 Å². The zero-order valence-electron chi connectivity index (χ0n) is 18.4. The normalized spacial score (nSPS) is 15.2. The van der Waals surface area contributed by atoms with Crippen LogP contribution in [-0.2, 0) is 16.0 Å². The maximum atomic E-state index is 11.8. The van der Waals surface area contributed by atoms with E-state index in [1.807, 2.05) is 24.3 Å². The Bertz CT molecular complexity index is 1080. The van der Waals surface area contributed by atoms with E-state index in [9.17, 15) is 20.0 Å². The largest absolute Gasteiger partial charge is 0.474 e. The van der Waals surface area contributed by atoms with Gasteiger partial charge < -0.3 is 24.6 Å². The minimum absolute atomic E-state index is 0.146. The number of aliphatic hydroxyl groups is 1. The Kier molecular flexibility index (Phi) is 7.77. The third-order valence-corrected chi connectivity index (χ3v) is 4.95. The van der Waals surface area contributed by atoms with Crippen molar-refractivity contribution in [1.29, 1.82) is 5.26 Å². The molecule has 2 aromatic rings. The number of nitrogens with one attached hydrogen (secondary N) is 1. The molecule has 1 aliphatic heterocycles. The highest BCUT2D eigenvalue weighted by atomic mass is 16.6. The number of hydrogen-bond acceptors (Lipinski definition) is 9. The van der Waals surface area contributed by atoms with Crippen LogP contribution >= 0.6 is 0 Å². The molecule has 1 aromatic carbocycles. The molecule has 0 bridgehead atoms.